The minimum absolute atomic E-state index is 0.0526. The molecule has 32 heavy (non-hydrogen) atoms. The predicted molar refractivity (Wildman–Crippen MR) is 126 cm³/mol. The van der Waals surface area contributed by atoms with Crippen LogP contribution < -0.4 is 20.7 Å². The monoisotopic (exact) mass is 452 g/mol. The first kappa shape index (κ1) is 23.2. The number of hydrogen-bond acceptors (Lipinski definition) is 5. The number of carbonyl (C=O) groups excluding carboxylic acids is 2. The van der Waals surface area contributed by atoms with Crippen LogP contribution in [0.2, 0.25) is 5.02 Å². The van der Waals surface area contributed by atoms with Gasteiger partial charge in [0.1, 0.15) is 11.6 Å². The molecule has 7 nitrogen and oxygen atoms in total. The molecular weight excluding hydrogens is 428 g/mol. The molecule has 166 valence electrons. The molecule has 3 aromatic rings. The van der Waals surface area contributed by atoms with Gasteiger partial charge in [0.25, 0.3) is 5.91 Å². The van der Waals surface area contributed by atoms with Crippen molar-refractivity contribution in [2.45, 2.75) is 13.5 Å². The van der Waals surface area contributed by atoms with Crippen molar-refractivity contribution in [3.8, 4) is 16.9 Å². The van der Waals surface area contributed by atoms with Crippen LogP contribution in [0.3, 0.4) is 0 Å². The Labute approximate surface area is 192 Å². The third-order valence-electron chi connectivity index (χ3n) is 4.72. The minimum Gasteiger partial charge on any atom is -0.497 e. The molecule has 3 N–H and O–H groups in total. The van der Waals surface area contributed by atoms with Crippen molar-refractivity contribution in [2.75, 3.05) is 25.5 Å². The van der Waals surface area contributed by atoms with Crippen molar-refractivity contribution in [2.24, 2.45) is 0 Å². The van der Waals surface area contributed by atoms with Crippen LogP contribution in [0, 0.1) is 0 Å². The first-order valence-electron chi connectivity index (χ1n) is 10.1. The summed E-state index contributed by atoms with van der Waals surface area (Å²) in [6.45, 7) is 3.31. The van der Waals surface area contributed by atoms with Gasteiger partial charge in [0.15, 0.2) is 0 Å². The van der Waals surface area contributed by atoms with Crippen LogP contribution >= 0.6 is 11.6 Å². The van der Waals surface area contributed by atoms with E-state index in [1.165, 1.54) is 6.92 Å². The van der Waals surface area contributed by atoms with Gasteiger partial charge in [0.05, 0.1) is 17.7 Å². The lowest BCUT2D eigenvalue weighted by Gasteiger charge is -2.11. The normalized spacial score (nSPS) is 10.5. The van der Waals surface area contributed by atoms with Crippen molar-refractivity contribution in [1.29, 1.82) is 0 Å². The van der Waals surface area contributed by atoms with Crippen LogP contribution in [0.15, 0.2) is 60.8 Å². The number of methoxy groups -OCH3 is 1. The highest BCUT2D eigenvalue weighted by atomic mass is 35.5. The lowest BCUT2D eigenvalue weighted by Crippen LogP contribution is -2.29. The number of anilines is 1. The van der Waals surface area contributed by atoms with E-state index in [-0.39, 0.29) is 11.8 Å². The standard InChI is InChI=1S/C24H25ClN4O3/c1-16(30)27-13-12-26-14-17-6-11-22(28-15-17)29-24(31)21-5-3-4-20(23(21)25)18-7-9-19(32-2)10-8-18/h3-11,15,26H,12-14H2,1-2H3,(H,27,30)(H,28,29,31). The molecule has 2 aromatic carbocycles. The predicted octanol–water partition coefficient (Wildman–Crippen LogP) is 3.89. The number of pyridine rings is 1. The number of rotatable bonds is 9. The molecule has 0 aliphatic heterocycles. The summed E-state index contributed by atoms with van der Waals surface area (Å²) in [6, 6.07) is 16.4. The lowest BCUT2D eigenvalue weighted by atomic mass is 10.0. The highest BCUT2D eigenvalue weighted by Gasteiger charge is 2.15. The van der Waals surface area contributed by atoms with E-state index in [9.17, 15) is 9.59 Å². The van der Waals surface area contributed by atoms with Gasteiger partial charge in [0.2, 0.25) is 5.91 Å². The zero-order chi connectivity index (χ0) is 22.9. The van der Waals surface area contributed by atoms with Gasteiger partial charge in [0, 0.05) is 38.3 Å². The van der Waals surface area contributed by atoms with Crippen LogP contribution in [-0.4, -0.2) is 37.0 Å². The smallest absolute Gasteiger partial charge is 0.258 e. The van der Waals surface area contributed by atoms with E-state index >= 15 is 0 Å². The van der Waals surface area contributed by atoms with Crippen LogP contribution in [0.25, 0.3) is 11.1 Å². The highest BCUT2D eigenvalue weighted by Crippen LogP contribution is 2.32. The number of ether oxygens (including phenoxy) is 1. The summed E-state index contributed by atoms with van der Waals surface area (Å²) >= 11 is 6.56. The molecular formula is C24H25ClN4O3. The molecule has 0 bridgehead atoms. The third kappa shape index (κ3) is 6.29. The molecule has 0 aliphatic carbocycles. The van der Waals surface area contributed by atoms with Crippen LogP contribution in [0.5, 0.6) is 5.75 Å². The summed E-state index contributed by atoms with van der Waals surface area (Å²) in [4.78, 5) is 27.9. The van der Waals surface area contributed by atoms with Crippen molar-refractivity contribution >= 4 is 29.2 Å². The second kappa shape index (κ2) is 11.3. The van der Waals surface area contributed by atoms with Crippen LogP contribution in [-0.2, 0) is 11.3 Å². The molecule has 0 saturated heterocycles. The van der Waals surface area contributed by atoms with Gasteiger partial charge in [-0.1, -0.05) is 41.9 Å². The van der Waals surface area contributed by atoms with Crippen LogP contribution in [0.1, 0.15) is 22.8 Å². The molecule has 1 aromatic heterocycles. The zero-order valence-electron chi connectivity index (χ0n) is 17.9. The summed E-state index contributed by atoms with van der Waals surface area (Å²) in [5, 5.41) is 9.09. The maximum absolute atomic E-state index is 12.8. The average Bonchev–Trinajstić information content (AvgIpc) is 2.80. The highest BCUT2D eigenvalue weighted by molar-refractivity contribution is 6.37. The molecule has 3 rings (SSSR count). The number of benzene rings is 2. The second-order valence-corrected chi connectivity index (χ2v) is 7.44. The summed E-state index contributed by atoms with van der Waals surface area (Å²) in [7, 11) is 1.61. The molecule has 0 spiro atoms. The quantitative estimate of drug-likeness (QED) is 0.428. The second-order valence-electron chi connectivity index (χ2n) is 7.06. The van der Waals surface area contributed by atoms with E-state index < -0.39 is 0 Å². The number of nitrogens with zero attached hydrogens (tertiary/aromatic N) is 1. The molecule has 0 radical (unpaired) electrons. The van der Waals surface area contributed by atoms with Crippen LogP contribution in [0.4, 0.5) is 5.82 Å². The number of aromatic nitrogens is 1. The van der Waals surface area contributed by atoms with E-state index in [4.69, 9.17) is 16.3 Å². The van der Waals surface area contributed by atoms with E-state index in [0.29, 0.717) is 36.0 Å². The molecule has 1 heterocycles. The first-order valence-corrected chi connectivity index (χ1v) is 10.5. The van der Waals surface area contributed by atoms with Crippen molar-refractivity contribution < 1.29 is 14.3 Å². The molecule has 0 saturated carbocycles. The number of hydrogen-bond donors (Lipinski definition) is 3. The molecule has 0 atom stereocenters. The molecule has 8 heteroatoms. The van der Waals surface area contributed by atoms with Gasteiger partial charge in [-0.3, -0.25) is 9.59 Å². The SMILES string of the molecule is COc1ccc(-c2cccc(C(=O)Nc3ccc(CNCCNC(C)=O)cn3)c2Cl)cc1. The summed E-state index contributed by atoms with van der Waals surface area (Å²) in [6.07, 6.45) is 1.69. The Morgan fingerprint density at radius 2 is 1.81 bits per heavy atom. The zero-order valence-corrected chi connectivity index (χ0v) is 18.7. The molecule has 0 aliphatic rings. The average molecular weight is 453 g/mol. The fourth-order valence-electron chi connectivity index (χ4n) is 3.05. The van der Waals surface area contributed by atoms with Crippen molar-refractivity contribution in [1.82, 2.24) is 15.6 Å². The van der Waals surface area contributed by atoms with Crippen molar-refractivity contribution in [3.63, 3.8) is 0 Å². The fourth-order valence-corrected chi connectivity index (χ4v) is 3.37. The molecule has 2 amide bonds. The summed E-state index contributed by atoms with van der Waals surface area (Å²) in [5.74, 6) is 0.793. The van der Waals surface area contributed by atoms with Gasteiger partial charge < -0.3 is 20.7 Å². The maximum atomic E-state index is 12.8. The van der Waals surface area contributed by atoms with Gasteiger partial charge >= 0.3 is 0 Å². The number of carbonyl (C=O) groups is 2. The Hall–Kier alpha value is -3.42. The first-order chi connectivity index (χ1) is 15.5. The van der Waals surface area contributed by atoms with E-state index in [0.717, 1.165) is 22.4 Å². The maximum Gasteiger partial charge on any atom is 0.258 e. The third-order valence-corrected chi connectivity index (χ3v) is 5.12. The lowest BCUT2D eigenvalue weighted by molar-refractivity contribution is -0.118. The summed E-state index contributed by atoms with van der Waals surface area (Å²) < 4.78 is 5.19. The van der Waals surface area contributed by atoms with Gasteiger partial charge in [-0.15, -0.1) is 0 Å². The Kier molecular flexibility index (Phi) is 8.19. The largest absolute Gasteiger partial charge is 0.497 e. The fraction of sp³-hybridized carbons (Fsp3) is 0.208. The van der Waals surface area contributed by atoms with Gasteiger partial charge in [-0.05, 0) is 35.4 Å². The number of amides is 2. The Bertz CT molecular complexity index is 1070. The molecule has 0 fully saturated rings. The topological polar surface area (TPSA) is 92.4 Å². The minimum atomic E-state index is -0.334. The Morgan fingerprint density at radius 3 is 2.47 bits per heavy atom. The number of halogens is 1. The van der Waals surface area contributed by atoms with E-state index in [1.807, 2.05) is 36.4 Å². The van der Waals surface area contributed by atoms with Gasteiger partial charge in [-0.2, -0.15) is 0 Å². The van der Waals surface area contributed by atoms with E-state index in [1.54, 1.807) is 31.5 Å². The van der Waals surface area contributed by atoms with E-state index in [2.05, 4.69) is 20.9 Å². The molecule has 0 unspecified atom stereocenters. The van der Waals surface area contributed by atoms with Crippen molar-refractivity contribution in [3.05, 3.63) is 76.9 Å². The summed E-state index contributed by atoms with van der Waals surface area (Å²) in [5.41, 5.74) is 2.98. The Balaban J connectivity index is 1.62. The number of nitrogens with one attached hydrogen (secondary N) is 3. The van der Waals surface area contributed by atoms with Gasteiger partial charge in [-0.25, -0.2) is 4.98 Å². The Morgan fingerprint density at radius 1 is 1.03 bits per heavy atom.